The summed E-state index contributed by atoms with van der Waals surface area (Å²) in [7, 11) is 0. The fourth-order valence-corrected chi connectivity index (χ4v) is 3.23. The van der Waals surface area contributed by atoms with Gasteiger partial charge in [-0.15, -0.1) is 5.10 Å². The number of aromatic nitrogens is 2. The molecule has 0 spiro atoms. The van der Waals surface area contributed by atoms with Crippen LogP contribution >= 0.6 is 11.8 Å². The van der Waals surface area contributed by atoms with Crippen LogP contribution in [-0.2, 0) is 6.42 Å². The van der Waals surface area contributed by atoms with Crippen molar-refractivity contribution in [3.05, 3.63) is 59.7 Å². The second-order valence-corrected chi connectivity index (χ2v) is 6.96. The van der Waals surface area contributed by atoms with Crippen molar-refractivity contribution in [1.82, 2.24) is 10.2 Å². The third-order valence-corrected chi connectivity index (χ3v) is 4.58. The Bertz CT molecular complexity index is 959. The van der Waals surface area contributed by atoms with E-state index in [-0.39, 0.29) is 34.1 Å². The molecular formula is C19H16F3N3O2S. The number of carbonyl (C=O) groups excluding carboxylic acids is 1. The van der Waals surface area contributed by atoms with Gasteiger partial charge in [0.25, 0.3) is 5.91 Å². The van der Waals surface area contributed by atoms with E-state index < -0.39 is 11.4 Å². The van der Waals surface area contributed by atoms with Crippen LogP contribution < -0.4 is 5.32 Å². The van der Waals surface area contributed by atoms with Gasteiger partial charge in [0.05, 0.1) is 0 Å². The average Bonchev–Trinajstić information content (AvgIpc) is 3.11. The quantitative estimate of drug-likeness (QED) is 0.543. The summed E-state index contributed by atoms with van der Waals surface area (Å²) in [6.45, 7) is 1.86. The van der Waals surface area contributed by atoms with E-state index in [1.165, 1.54) is 18.2 Å². The van der Waals surface area contributed by atoms with Crippen molar-refractivity contribution >= 4 is 23.7 Å². The van der Waals surface area contributed by atoms with Crippen molar-refractivity contribution in [2.24, 2.45) is 0 Å². The number of aryl methyl sites for hydroxylation is 1. The zero-order valence-electron chi connectivity index (χ0n) is 14.8. The van der Waals surface area contributed by atoms with Gasteiger partial charge in [0.15, 0.2) is 0 Å². The molecule has 0 bridgehead atoms. The minimum absolute atomic E-state index is 0.0883. The van der Waals surface area contributed by atoms with Crippen LogP contribution in [0.1, 0.15) is 29.3 Å². The predicted octanol–water partition coefficient (Wildman–Crippen LogP) is 5.55. The Hall–Kier alpha value is -2.81. The zero-order chi connectivity index (χ0) is 20.1. The maximum absolute atomic E-state index is 12.7. The monoisotopic (exact) mass is 407 g/mol. The molecule has 2 aromatic carbocycles. The van der Waals surface area contributed by atoms with Crippen molar-refractivity contribution in [2.45, 2.75) is 30.2 Å². The lowest BCUT2D eigenvalue weighted by atomic mass is 10.1. The minimum Gasteiger partial charge on any atom is -0.403 e. The average molecular weight is 407 g/mol. The van der Waals surface area contributed by atoms with Crippen molar-refractivity contribution in [1.29, 1.82) is 0 Å². The number of halogens is 3. The van der Waals surface area contributed by atoms with Gasteiger partial charge in [0.2, 0.25) is 5.89 Å². The van der Waals surface area contributed by atoms with Crippen LogP contribution in [0.4, 0.5) is 19.2 Å². The Balaban J connectivity index is 1.77. The number of alkyl halides is 3. The number of hydrogen-bond acceptors (Lipinski definition) is 5. The molecule has 5 nitrogen and oxygen atoms in total. The maximum Gasteiger partial charge on any atom is 0.446 e. The Kier molecular flexibility index (Phi) is 6.03. The number of hydrogen-bond donors (Lipinski definition) is 1. The van der Waals surface area contributed by atoms with Crippen LogP contribution in [0.5, 0.6) is 0 Å². The van der Waals surface area contributed by atoms with Gasteiger partial charge >= 0.3 is 11.5 Å². The molecule has 0 fully saturated rings. The van der Waals surface area contributed by atoms with Crippen LogP contribution in [0.15, 0.2) is 57.8 Å². The molecule has 9 heteroatoms. The van der Waals surface area contributed by atoms with Crippen molar-refractivity contribution < 1.29 is 22.4 Å². The maximum atomic E-state index is 12.7. The SMILES string of the molecule is CCCc1cc(C(=O)Nc2nnc(-c3ccccc3)o2)ccc1SC(F)(F)F. The number of nitrogens with one attached hydrogen (secondary N) is 1. The molecule has 3 aromatic rings. The van der Waals surface area contributed by atoms with E-state index in [1.54, 1.807) is 12.1 Å². The molecule has 0 unspecified atom stereocenters. The number of amides is 1. The van der Waals surface area contributed by atoms with Gasteiger partial charge in [-0.3, -0.25) is 10.1 Å². The third-order valence-electron chi connectivity index (χ3n) is 3.73. The topological polar surface area (TPSA) is 68.0 Å². The summed E-state index contributed by atoms with van der Waals surface area (Å²) in [5.41, 5.74) is -3.00. The largest absolute Gasteiger partial charge is 0.446 e. The number of carbonyl (C=O) groups is 1. The summed E-state index contributed by atoms with van der Waals surface area (Å²) < 4.78 is 43.5. The van der Waals surface area contributed by atoms with E-state index in [4.69, 9.17) is 4.42 Å². The van der Waals surface area contributed by atoms with E-state index >= 15 is 0 Å². The molecule has 0 aliphatic rings. The molecule has 3 rings (SSSR count). The van der Waals surface area contributed by atoms with Crippen LogP contribution in [0.25, 0.3) is 11.5 Å². The van der Waals surface area contributed by atoms with E-state index in [0.717, 1.165) is 0 Å². The highest BCUT2D eigenvalue weighted by molar-refractivity contribution is 8.00. The van der Waals surface area contributed by atoms with Gasteiger partial charge < -0.3 is 4.42 Å². The summed E-state index contributed by atoms with van der Waals surface area (Å²) in [6, 6.07) is 13.1. The van der Waals surface area contributed by atoms with Gasteiger partial charge in [-0.1, -0.05) is 36.6 Å². The van der Waals surface area contributed by atoms with Gasteiger partial charge in [-0.25, -0.2) is 0 Å². The lowest BCUT2D eigenvalue weighted by molar-refractivity contribution is -0.0328. The summed E-state index contributed by atoms with van der Waals surface area (Å²) in [4.78, 5) is 12.5. The van der Waals surface area contributed by atoms with Crippen LogP contribution in [0.2, 0.25) is 0 Å². The Morgan fingerprint density at radius 2 is 1.89 bits per heavy atom. The molecule has 1 amide bonds. The van der Waals surface area contributed by atoms with Crippen LogP contribution in [0, 0.1) is 0 Å². The fourth-order valence-electron chi connectivity index (χ4n) is 2.55. The van der Waals surface area contributed by atoms with E-state index in [1.807, 2.05) is 25.1 Å². The predicted molar refractivity (Wildman–Crippen MR) is 100 cm³/mol. The number of nitrogens with zero attached hydrogens (tertiary/aromatic N) is 2. The normalized spacial score (nSPS) is 11.4. The first-order valence-corrected chi connectivity index (χ1v) is 9.26. The van der Waals surface area contributed by atoms with E-state index in [2.05, 4.69) is 15.5 Å². The molecule has 0 saturated heterocycles. The number of anilines is 1. The minimum atomic E-state index is -4.39. The number of benzene rings is 2. The highest BCUT2D eigenvalue weighted by Gasteiger charge is 2.30. The number of rotatable bonds is 6. The summed E-state index contributed by atoms with van der Waals surface area (Å²) in [5, 5.41) is 10.1. The van der Waals surface area contributed by atoms with Crippen molar-refractivity contribution in [3.8, 4) is 11.5 Å². The van der Waals surface area contributed by atoms with Crippen LogP contribution in [-0.4, -0.2) is 21.6 Å². The lowest BCUT2D eigenvalue weighted by Gasteiger charge is -2.12. The molecule has 0 radical (unpaired) electrons. The first-order chi connectivity index (χ1) is 13.4. The Labute approximate surface area is 163 Å². The second-order valence-electron chi connectivity index (χ2n) is 5.85. The highest BCUT2D eigenvalue weighted by Crippen LogP contribution is 2.39. The number of thioether (sulfide) groups is 1. The zero-order valence-corrected chi connectivity index (χ0v) is 15.6. The van der Waals surface area contributed by atoms with Crippen molar-refractivity contribution in [3.63, 3.8) is 0 Å². The Morgan fingerprint density at radius 1 is 1.14 bits per heavy atom. The summed E-state index contributed by atoms with van der Waals surface area (Å²) in [6.07, 6.45) is 1.08. The van der Waals surface area contributed by atoms with Gasteiger partial charge in [0, 0.05) is 16.0 Å². The summed E-state index contributed by atoms with van der Waals surface area (Å²) >= 11 is -0.180. The van der Waals surface area contributed by atoms with Gasteiger partial charge in [0.1, 0.15) is 0 Å². The van der Waals surface area contributed by atoms with E-state index in [0.29, 0.717) is 24.0 Å². The molecular weight excluding hydrogens is 391 g/mol. The second kappa shape index (κ2) is 8.47. The van der Waals surface area contributed by atoms with Gasteiger partial charge in [-0.2, -0.15) is 13.2 Å². The molecule has 1 heterocycles. The van der Waals surface area contributed by atoms with E-state index in [9.17, 15) is 18.0 Å². The lowest BCUT2D eigenvalue weighted by Crippen LogP contribution is -2.13. The molecule has 0 saturated carbocycles. The Morgan fingerprint density at radius 3 is 2.57 bits per heavy atom. The highest BCUT2D eigenvalue weighted by atomic mass is 32.2. The molecule has 28 heavy (non-hydrogen) atoms. The first kappa shape index (κ1) is 19.9. The molecule has 0 aliphatic heterocycles. The molecule has 1 N–H and O–H groups in total. The fraction of sp³-hybridized carbons (Fsp3) is 0.211. The standard InChI is InChI=1S/C19H16F3N3O2S/c1-2-6-13-11-14(9-10-15(13)28-19(20,21)22)16(26)23-18-25-24-17(27-18)12-7-4-3-5-8-12/h3-5,7-11H,2,6H2,1H3,(H,23,25,26). The molecule has 0 aliphatic carbocycles. The molecule has 146 valence electrons. The molecule has 1 aromatic heterocycles. The van der Waals surface area contributed by atoms with Crippen LogP contribution in [0.3, 0.4) is 0 Å². The summed E-state index contributed by atoms with van der Waals surface area (Å²) in [5.74, 6) is -0.288. The van der Waals surface area contributed by atoms with Crippen molar-refractivity contribution in [2.75, 3.05) is 5.32 Å². The smallest absolute Gasteiger partial charge is 0.403 e. The molecule has 0 atom stereocenters. The van der Waals surface area contributed by atoms with Gasteiger partial charge in [-0.05, 0) is 54.1 Å². The third kappa shape index (κ3) is 5.13. The first-order valence-electron chi connectivity index (χ1n) is 8.44.